The molecule has 2 saturated carbocycles. The monoisotopic (exact) mass is 1850 g/mol. The van der Waals surface area contributed by atoms with E-state index in [1.807, 2.05) is 39.0 Å². The summed E-state index contributed by atoms with van der Waals surface area (Å²) in [6, 6.07) is 42.7. The van der Waals surface area contributed by atoms with Crippen molar-refractivity contribution in [3.05, 3.63) is 215 Å². The van der Waals surface area contributed by atoms with Crippen molar-refractivity contribution in [2.45, 2.75) is 116 Å². The molecule has 0 bridgehead atoms. The molecule has 5 fully saturated rings. The zero-order valence-electron chi connectivity index (χ0n) is 67.6. The zero-order chi connectivity index (χ0) is 85.7. The number of unbranched alkanes of at least 4 members (excludes halogenated alkanes) is 3. The Labute approximate surface area is 731 Å². The molecule has 644 valence electrons. The third kappa shape index (κ3) is 38.7. The molecule has 3 saturated heterocycles. The van der Waals surface area contributed by atoms with Crippen LogP contribution in [0.1, 0.15) is 116 Å². The highest BCUT2D eigenvalue weighted by Crippen LogP contribution is 2.46. The summed E-state index contributed by atoms with van der Waals surface area (Å²) in [6.45, 7) is 22.7. The number of ether oxygens (including phenoxy) is 5. The topological polar surface area (TPSA) is 371 Å². The summed E-state index contributed by atoms with van der Waals surface area (Å²) in [5.74, 6) is 1.35. The Morgan fingerprint density at radius 1 is 0.449 bits per heavy atom. The minimum atomic E-state index is -2.02. The average molecular weight is 1850 g/mol. The van der Waals surface area contributed by atoms with Crippen LogP contribution in [0, 0.1) is 30.6 Å². The minimum Gasteiger partial charge on any atom is -0.772 e. The zero-order valence-corrected chi connectivity index (χ0v) is 74.5. The van der Waals surface area contributed by atoms with Crippen molar-refractivity contribution in [1.82, 2.24) is 30.7 Å². The number of allylic oxidation sites excluding steroid dienone is 3. The third-order valence-corrected chi connectivity index (χ3v) is 21.7. The second-order valence-electron chi connectivity index (χ2n) is 28.7. The maximum absolute atomic E-state index is 12.9. The highest BCUT2D eigenvalue weighted by Gasteiger charge is 2.40. The predicted octanol–water partition coefficient (Wildman–Crippen LogP) is 14.7. The molecule has 5 aliphatic rings. The molecule has 3 heterocycles. The number of rotatable bonds is 36. The van der Waals surface area contributed by atoms with E-state index in [-0.39, 0.29) is 63.1 Å². The number of nitrogens with one attached hydrogen (secondary N) is 9. The van der Waals surface area contributed by atoms with E-state index in [0.717, 1.165) is 175 Å². The van der Waals surface area contributed by atoms with Gasteiger partial charge in [0.15, 0.2) is 0 Å². The largest absolute Gasteiger partial charge is 0.772 e. The molecule has 6 aromatic carbocycles. The number of halogens is 4. The molecule has 9 N–H and O–H groups in total. The van der Waals surface area contributed by atoms with Gasteiger partial charge in [-0.15, -0.1) is 0 Å². The van der Waals surface area contributed by atoms with Crippen molar-refractivity contribution in [1.29, 1.82) is 16.2 Å². The standard InChI is InChI=1S/2C19H25ClN4O2.C18H25ClN4O2.2C11H16O3S.C7H7IO2S/c2*1-19(5-6-19)13-26-17(16(12-21)24-9-7-22-8-10-24)18(25)23-15-4-2-3-14(20)11-15;1-2-3-11-25-17(16(13-20)23-9-7-21-8-10-23)18(24)22-15-6-4-5-14(19)12-15;2*1-2-3-8-14-11-6-4-10(5-7-11)9-15(12)13;8-7-3-1-6(2-4-7)5-11(9)10/h2*2-4,11-12,21-22H,5-10,13H2,1H3,(H,23,25);4-6,12-13,20-21H,2-3,7-11H2,1H3,(H,22,24);2*4-7H,2-3,8-9H2,1H3,(H,12,13);1-4H,5H2,(H,9,10)/p-3/b2*17-16-,21-12?;17-16-,20-13?;;;. The summed E-state index contributed by atoms with van der Waals surface area (Å²) < 4.78 is 92.0. The second kappa shape index (κ2) is 54.4. The summed E-state index contributed by atoms with van der Waals surface area (Å²) >= 11 is 14.1. The summed E-state index contributed by atoms with van der Waals surface area (Å²) in [6.07, 6.45) is 14.1. The maximum Gasteiger partial charge on any atom is 0.293 e. The van der Waals surface area contributed by atoms with Crippen LogP contribution in [0.3, 0.4) is 0 Å². The average Bonchev–Trinajstić information content (AvgIpc) is 1.69. The van der Waals surface area contributed by atoms with E-state index in [9.17, 15) is 40.7 Å². The van der Waals surface area contributed by atoms with E-state index >= 15 is 0 Å². The fourth-order valence-corrected chi connectivity index (χ4v) is 13.5. The molecule has 11 rings (SSSR count). The van der Waals surface area contributed by atoms with Gasteiger partial charge in [0.2, 0.25) is 17.3 Å². The van der Waals surface area contributed by atoms with Gasteiger partial charge in [0.05, 0.1) is 33.0 Å². The highest BCUT2D eigenvalue weighted by atomic mass is 127. The number of amides is 3. The van der Waals surface area contributed by atoms with E-state index in [0.29, 0.717) is 82.3 Å². The van der Waals surface area contributed by atoms with Crippen LogP contribution in [0.5, 0.6) is 11.5 Å². The lowest BCUT2D eigenvalue weighted by molar-refractivity contribution is -0.117. The normalized spacial score (nSPS) is 16.2. The van der Waals surface area contributed by atoms with E-state index < -0.39 is 33.2 Å². The minimum absolute atomic E-state index is 0.0647. The number of hydrogen-bond acceptors (Lipinski definition) is 23. The Bertz CT molecular complexity index is 4110. The first-order valence-electron chi connectivity index (χ1n) is 39.4. The van der Waals surface area contributed by atoms with Crippen LogP contribution in [0.4, 0.5) is 17.1 Å². The van der Waals surface area contributed by atoms with Crippen molar-refractivity contribution in [2.75, 3.05) is 128 Å². The summed E-state index contributed by atoms with van der Waals surface area (Å²) in [4.78, 5) is 44.7. The van der Waals surface area contributed by atoms with Gasteiger partial charge >= 0.3 is 0 Å². The third-order valence-electron chi connectivity index (χ3n) is 18.6. The molecule has 33 heteroatoms. The molecule has 3 aliphatic heterocycles. The van der Waals surface area contributed by atoms with E-state index in [2.05, 4.69) is 89.1 Å². The van der Waals surface area contributed by atoms with E-state index in [1.165, 1.54) is 18.6 Å². The number of benzene rings is 6. The number of carbonyl (C=O) groups is 3. The highest BCUT2D eigenvalue weighted by molar-refractivity contribution is 14.1. The summed E-state index contributed by atoms with van der Waals surface area (Å²) in [5.41, 5.74) is 6.03. The molecule has 3 unspecified atom stereocenters. The first kappa shape index (κ1) is 99.0. The van der Waals surface area contributed by atoms with Crippen molar-refractivity contribution >= 4 is 144 Å². The van der Waals surface area contributed by atoms with Gasteiger partial charge in [-0.3, -0.25) is 27.0 Å². The Hall–Kier alpha value is -7.83. The van der Waals surface area contributed by atoms with Gasteiger partial charge in [0.25, 0.3) is 17.7 Å². The Morgan fingerprint density at radius 3 is 0.992 bits per heavy atom. The van der Waals surface area contributed by atoms with Crippen LogP contribution in [0.2, 0.25) is 15.1 Å². The number of piperazine rings is 3. The molecular weight excluding hydrogens is 1740 g/mol. The summed E-state index contributed by atoms with van der Waals surface area (Å²) in [5, 5.41) is 43.5. The molecule has 0 spiro atoms. The molecule has 118 heavy (non-hydrogen) atoms. The lowest BCUT2D eigenvalue weighted by Crippen LogP contribution is -2.44. The molecule has 6 aromatic rings. The van der Waals surface area contributed by atoms with Crippen molar-refractivity contribution in [2.24, 2.45) is 10.8 Å². The van der Waals surface area contributed by atoms with Gasteiger partial charge in [-0.2, -0.15) is 0 Å². The first-order chi connectivity index (χ1) is 56.8. The SMILES string of the molecule is CC1(CO/C(C(=O)Nc2cccc(Cl)c2)=C(/C=N)N2CCNCC2)CC1.CC1(CO/C(C(=O)Nc2cccc(Cl)c2)=C(/C=N)N2CCNCC2)CC1.CCCCO/C(C(=O)Nc1cccc(Cl)c1)=C(/C=N)N1CCNCC1.CCCCOc1ccc(CS(=O)[O-])cc1.CCCCOc1ccc(CS(=O)[O-])cc1.O=S([O-])Cc1ccc(I)cc1. The fourth-order valence-electron chi connectivity index (χ4n) is 11.2. The van der Waals surface area contributed by atoms with Gasteiger partial charge in [0.1, 0.15) is 28.6 Å². The second-order valence-corrected chi connectivity index (χ2v) is 34.0. The van der Waals surface area contributed by atoms with Crippen LogP contribution >= 0.6 is 57.4 Å². The fraction of sp³-hybridized carbons (Fsp3) is 0.435. The van der Waals surface area contributed by atoms with Crippen LogP contribution in [-0.4, -0.2) is 189 Å². The molecule has 2 aliphatic carbocycles. The van der Waals surface area contributed by atoms with Gasteiger partial charge < -0.3 is 100 Å². The number of anilines is 3. The molecule has 0 aromatic heterocycles. The maximum atomic E-state index is 12.9. The number of hydrogen-bond donors (Lipinski definition) is 9. The molecular formula is C85H111Cl3IN12O14S3-3. The Balaban J connectivity index is 0.000000225. The lowest BCUT2D eigenvalue weighted by atomic mass is 10.2. The van der Waals surface area contributed by atoms with Crippen molar-refractivity contribution in [3.63, 3.8) is 0 Å². The number of nitrogens with zero attached hydrogens (tertiary/aromatic N) is 3. The summed E-state index contributed by atoms with van der Waals surface area (Å²) in [7, 11) is 0. The van der Waals surface area contributed by atoms with E-state index in [1.54, 1.807) is 121 Å². The molecule has 0 radical (unpaired) electrons. The van der Waals surface area contributed by atoms with Crippen LogP contribution in [0.15, 0.2) is 180 Å². The van der Waals surface area contributed by atoms with Crippen molar-refractivity contribution in [3.8, 4) is 11.5 Å². The molecule has 3 amide bonds. The lowest BCUT2D eigenvalue weighted by Gasteiger charge is -2.31. The molecule has 26 nitrogen and oxygen atoms in total. The van der Waals surface area contributed by atoms with Crippen LogP contribution in [-0.2, 0) is 79.1 Å². The van der Waals surface area contributed by atoms with Gasteiger partial charge in [-0.05, 0) is 175 Å². The smallest absolute Gasteiger partial charge is 0.293 e. The van der Waals surface area contributed by atoms with Gasteiger partial charge in [-0.25, -0.2) is 0 Å². The quantitative estimate of drug-likeness (QED) is 0.00440. The van der Waals surface area contributed by atoms with Gasteiger partial charge in [0, 0.05) is 161 Å². The van der Waals surface area contributed by atoms with Crippen LogP contribution < -0.4 is 41.4 Å². The predicted molar refractivity (Wildman–Crippen MR) is 479 cm³/mol. The van der Waals surface area contributed by atoms with Crippen molar-refractivity contribution < 1.29 is 64.4 Å². The molecule has 3 atom stereocenters. The number of carbonyl (C=O) groups excluding carboxylic acids is 3. The Morgan fingerprint density at radius 2 is 0.729 bits per heavy atom. The van der Waals surface area contributed by atoms with Gasteiger partial charge in [-0.1, -0.05) is 177 Å². The Kier molecular flexibility index (Phi) is 45.7. The first-order valence-corrected chi connectivity index (χ1v) is 45.3. The van der Waals surface area contributed by atoms with Crippen LogP contribution in [0.25, 0.3) is 0 Å². The van der Waals surface area contributed by atoms with E-state index in [4.69, 9.17) is 74.7 Å².